The average molecular weight is 283 g/mol. The van der Waals surface area contributed by atoms with E-state index in [0.29, 0.717) is 18.9 Å². The van der Waals surface area contributed by atoms with Gasteiger partial charge in [-0.3, -0.25) is 0 Å². The molecule has 0 aromatic heterocycles. The Morgan fingerprint density at radius 3 is 2.50 bits per heavy atom. The number of rotatable bonds is 3. The van der Waals surface area contributed by atoms with Crippen molar-refractivity contribution in [3.05, 3.63) is 29.3 Å². The minimum atomic E-state index is -4.63. The fraction of sp³-hybridized carbons (Fsp3) is 0.357. The quantitative estimate of drug-likeness (QED) is 0.797. The summed E-state index contributed by atoms with van der Waals surface area (Å²) in [6.45, 7) is 1.56. The van der Waals surface area contributed by atoms with E-state index < -0.39 is 29.1 Å². The number of carboxylic acids is 1. The Balaban J connectivity index is 2.44. The van der Waals surface area contributed by atoms with E-state index in [1.807, 2.05) is 0 Å². The third kappa shape index (κ3) is 2.87. The third-order valence-corrected chi connectivity index (χ3v) is 2.88. The molecule has 2 rings (SSSR count). The lowest BCUT2D eigenvalue weighted by molar-refractivity contribution is -0.255. The van der Waals surface area contributed by atoms with E-state index in [2.05, 4.69) is 11.8 Å². The molecule has 0 N–H and O–H groups in total. The van der Waals surface area contributed by atoms with Gasteiger partial charge in [0.15, 0.2) is 5.60 Å². The summed E-state index contributed by atoms with van der Waals surface area (Å²) in [5.74, 6) is 3.22. The molecular weight excluding hydrogens is 273 g/mol. The lowest BCUT2D eigenvalue weighted by Gasteiger charge is -2.18. The molecule has 0 unspecified atom stereocenters. The van der Waals surface area contributed by atoms with Gasteiger partial charge >= 0.3 is 6.18 Å². The maximum atomic E-state index is 12.9. The van der Waals surface area contributed by atoms with Crippen molar-refractivity contribution in [3.8, 4) is 17.6 Å². The van der Waals surface area contributed by atoms with Crippen molar-refractivity contribution < 1.29 is 27.8 Å². The highest BCUT2D eigenvalue weighted by molar-refractivity contribution is 5.86. The maximum absolute atomic E-state index is 12.9. The van der Waals surface area contributed by atoms with Gasteiger partial charge < -0.3 is 14.6 Å². The zero-order valence-corrected chi connectivity index (χ0v) is 10.5. The van der Waals surface area contributed by atoms with Crippen molar-refractivity contribution in [2.24, 2.45) is 0 Å². The molecule has 1 aliphatic rings. The molecule has 0 heterocycles. The van der Waals surface area contributed by atoms with Gasteiger partial charge in [-0.1, -0.05) is 12.0 Å². The van der Waals surface area contributed by atoms with Crippen molar-refractivity contribution in [1.82, 2.24) is 0 Å². The molecule has 1 aromatic rings. The normalized spacial score (nSPS) is 16.0. The van der Waals surface area contributed by atoms with Crippen molar-refractivity contribution in [2.75, 3.05) is 0 Å². The minimum Gasteiger partial charge on any atom is -0.545 e. The number of hydrogen-bond acceptors (Lipinski definition) is 3. The number of benzene rings is 1. The lowest BCUT2D eigenvalue weighted by Crippen LogP contribution is -2.24. The van der Waals surface area contributed by atoms with E-state index in [1.165, 1.54) is 0 Å². The fourth-order valence-electron chi connectivity index (χ4n) is 1.77. The van der Waals surface area contributed by atoms with Crippen LogP contribution >= 0.6 is 0 Å². The number of alkyl halides is 3. The Hall–Kier alpha value is -2.16. The van der Waals surface area contributed by atoms with Crippen LogP contribution in [0.15, 0.2) is 18.2 Å². The molecule has 0 radical (unpaired) electrons. The molecule has 0 amide bonds. The monoisotopic (exact) mass is 283 g/mol. The molecule has 0 aliphatic heterocycles. The molecule has 3 nitrogen and oxygen atoms in total. The second-order valence-electron chi connectivity index (χ2n) is 4.47. The number of carboxylic acid groups (broad SMARTS) is 1. The smallest absolute Gasteiger partial charge is 0.419 e. The Morgan fingerprint density at radius 1 is 1.40 bits per heavy atom. The summed E-state index contributed by atoms with van der Waals surface area (Å²) in [4.78, 5) is 10.7. The molecule has 1 aromatic carbocycles. The topological polar surface area (TPSA) is 49.4 Å². The Labute approximate surface area is 113 Å². The molecule has 0 saturated heterocycles. The molecule has 0 spiro atoms. The van der Waals surface area contributed by atoms with E-state index in [9.17, 15) is 23.1 Å². The van der Waals surface area contributed by atoms with Crippen LogP contribution in [0.3, 0.4) is 0 Å². The molecule has 0 bridgehead atoms. The summed E-state index contributed by atoms with van der Waals surface area (Å²) in [6.07, 6.45) is -3.60. The van der Waals surface area contributed by atoms with Gasteiger partial charge in [-0.2, -0.15) is 13.2 Å². The first-order chi connectivity index (χ1) is 9.27. The number of carbonyl (C=O) groups excluding carboxylic acids is 1. The highest BCUT2D eigenvalue weighted by Crippen LogP contribution is 2.44. The standard InChI is InChI=1S/C14H11F3O3/c1-2-5-13(6-7-13)20-11-8-9(12(18)19)3-4-10(11)14(15,16)17/h3-4,8H,6-7H2,1H3,(H,18,19)/p-1. The molecule has 106 valence electrons. The van der Waals surface area contributed by atoms with E-state index in [-0.39, 0.29) is 5.56 Å². The lowest BCUT2D eigenvalue weighted by atomic mass is 10.1. The Kier molecular flexibility index (Phi) is 3.38. The molecular formula is C14H10F3O3-. The zero-order valence-electron chi connectivity index (χ0n) is 10.5. The van der Waals surface area contributed by atoms with Gasteiger partial charge in [-0.25, -0.2) is 0 Å². The van der Waals surface area contributed by atoms with Gasteiger partial charge in [-0.15, -0.1) is 5.92 Å². The van der Waals surface area contributed by atoms with Crippen molar-refractivity contribution >= 4 is 5.97 Å². The number of carbonyl (C=O) groups is 1. The van der Waals surface area contributed by atoms with Crippen molar-refractivity contribution in [2.45, 2.75) is 31.5 Å². The third-order valence-electron chi connectivity index (χ3n) is 2.88. The molecule has 1 aliphatic carbocycles. The van der Waals surface area contributed by atoms with Gasteiger partial charge in [0.25, 0.3) is 0 Å². The van der Waals surface area contributed by atoms with Gasteiger partial charge in [0.1, 0.15) is 5.75 Å². The van der Waals surface area contributed by atoms with E-state index >= 15 is 0 Å². The van der Waals surface area contributed by atoms with Crippen LogP contribution in [-0.2, 0) is 6.18 Å². The van der Waals surface area contributed by atoms with Gasteiger partial charge in [0.05, 0.1) is 11.5 Å². The van der Waals surface area contributed by atoms with Gasteiger partial charge in [0, 0.05) is 18.4 Å². The highest BCUT2D eigenvalue weighted by Gasteiger charge is 2.46. The van der Waals surface area contributed by atoms with Crippen LogP contribution in [0, 0.1) is 11.8 Å². The summed E-state index contributed by atoms with van der Waals surface area (Å²) in [5, 5.41) is 10.7. The first-order valence-electron chi connectivity index (χ1n) is 5.83. The zero-order chi connectivity index (χ0) is 15.0. The SMILES string of the molecule is CC#CC1(Oc2cc(C(=O)[O-])ccc2C(F)(F)F)CC1. The van der Waals surface area contributed by atoms with Gasteiger partial charge in [-0.05, 0) is 19.1 Å². The van der Waals surface area contributed by atoms with Crippen LogP contribution in [0.1, 0.15) is 35.7 Å². The van der Waals surface area contributed by atoms with Crippen LogP contribution in [-0.4, -0.2) is 11.6 Å². The second kappa shape index (κ2) is 4.75. The largest absolute Gasteiger partial charge is 0.545 e. The minimum absolute atomic E-state index is 0.367. The second-order valence-corrected chi connectivity index (χ2v) is 4.47. The molecule has 1 fully saturated rings. The van der Waals surface area contributed by atoms with Gasteiger partial charge in [0.2, 0.25) is 0 Å². The predicted molar refractivity (Wildman–Crippen MR) is 61.8 cm³/mol. The Bertz CT molecular complexity index is 604. The highest BCUT2D eigenvalue weighted by atomic mass is 19.4. The summed E-state index contributed by atoms with van der Waals surface area (Å²) in [6, 6.07) is 2.35. The van der Waals surface area contributed by atoms with Crippen LogP contribution < -0.4 is 9.84 Å². The first kappa shape index (κ1) is 14.3. The number of halogens is 3. The summed E-state index contributed by atoms with van der Waals surface area (Å²) in [5.41, 5.74) is -2.32. The van der Waals surface area contributed by atoms with Crippen molar-refractivity contribution in [1.29, 1.82) is 0 Å². The first-order valence-corrected chi connectivity index (χ1v) is 5.83. The summed E-state index contributed by atoms with van der Waals surface area (Å²) >= 11 is 0. The van der Waals surface area contributed by atoms with Crippen LogP contribution in [0.5, 0.6) is 5.75 Å². The van der Waals surface area contributed by atoms with E-state index in [4.69, 9.17) is 4.74 Å². The van der Waals surface area contributed by atoms with Crippen LogP contribution in [0.4, 0.5) is 13.2 Å². The maximum Gasteiger partial charge on any atom is 0.419 e. The number of aromatic carboxylic acids is 1. The fourth-order valence-corrected chi connectivity index (χ4v) is 1.77. The van der Waals surface area contributed by atoms with Crippen LogP contribution in [0.2, 0.25) is 0 Å². The van der Waals surface area contributed by atoms with Crippen molar-refractivity contribution in [3.63, 3.8) is 0 Å². The molecule has 1 saturated carbocycles. The number of ether oxygens (including phenoxy) is 1. The van der Waals surface area contributed by atoms with Crippen LogP contribution in [0.25, 0.3) is 0 Å². The summed E-state index contributed by atoms with van der Waals surface area (Å²) < 4.78 is 44.0. The van der Waals surface area contributed by atoms with E-state index in [0.717, 1.165) is 12.1 Å². The average Bonchev–Trinajstić information content (AvgIpc) is 3.07. The number of hydrogen-bond donors (Lipinski definition) is 0. The predicted octanol–water partition coefficient (Wildman–Crippen LogP) is 2.00. The van der Waals surface area contributed by atoms with E-state index in [1.54, 1.807) is 6.92 Å². The molecule has 20 heavy (non-hydrogen) atoms. The molecule has 0 atom stereocenters. The summed E-state index contributed by atoms with van der Waals surface area (Å²) in [7, 11) is 0. The molecule has 6 heteroatoms. The Morgan fingerprint density at radius 2 is 2.05 bits per heavy atom.